The summed E-state index contributed by atoms with van der Waals surface area (Å²) < 4.78 is 2.64. The molecule has 0 radical (unpaired) electrons. The minimum Gasteiger partial charge on any atom is -0.310 e. The van der Waals surface area contributed by atoms with Gasteiger partial charge in [0.15, 0.2) is 0 Å². The van der Waals surface area contributed by atoms with Crippen LogP contribution in [-0.4, -0.2) is 0 Å². The van der Waals surface area contributed by atoms with E-state index in [-0.39, 0.29) is 0 Å². The quantitative estimate of drug-likeness (QED) is 0.170. The third-order valence-electron chi connectivity index (χ3n) is 12.3. The van der Waals surface area contributed by atoms with Crippen molar-refractivity contribution in [1.82, 2.24) is 0 Å². The molecule has 0 atom stereocenters. The number of fused-ring (bicyclic) bond motifs is 13. The summed E-state index contributed by atoms with van der Waals surface area (Å²) in [5.74, 6) is 0. The molecule has 2 aliphatic rings. The van der Waals surface area contributed by atoms with Crippen LogP contribution in [0.3, 0.4) is 0 Å². The van der Waals surface area contributed by atoms with Gasteiger partial charge in [-0.3, -0.25) is 0 Å². The Morgan fingerprint density at radius 1 is 0.333 bits per heavy atom. The molecule has 0 aliphatic heterocycles. The number of hydrogen-bond acceptors (Lipinski definition) is 2. The van der Waals surface area contributed by atoms with Crippen LogP contribution < -0.4 is 4.90 Å². The van der Waals surface area contributed by atoms with E-state index in [1.165, 1.54) is 92.6 Å². The molecule has 10 aromatic rings. The number of nitrogens with zero attached hydrogens (tertiary/aromatic N) is 1. The molecule has 0 bridgehead atoms. The van der Waals surface area contributed by atoms with Gasteiger partial charge in [-0.25, -0.2) is 0 Å². The maximum absolute atomic E-state index is 2.48. The highest BCUT2D eigenvalue weighted by molar-refractivity contribution is 7.25. The molecule has 266 valence electrons. The first-order chi connectivity index (χ1) is 28.3. The van der Waals surface area contributed by atoms with Crippen LogP contribution in [0.2, 0.25) is 0 Å². The van der Waals surface area contributed by atoms with Crippen molar-refractivity contribution in [3.63, 3.8) is 0 Å². The highest BCUT2D eigenvalue weighted by Crippen LogP contribution is 2.64. The van der Waals surface area contributed by atoms with Crippen LogP contribution >= 0.6 is 11.3 Å². The van der Waals surface area contributed by atoms with Crippen molar-refractivity contribution in [1.29, 1.82) is 0 Å². The zero-order valence-corrected chi connectivity index (χ0v) is 31.9. The Labute approximate surface area is 336 Å². The topological polar surface area (TPSA) is 3.24 Å². The van der Waals surface area contributed by atoms with Crippen molar-refractivity contribution in [2.24, 2.45) is 0 Å². The Balaban J connectivity index is 1.10. The van der Waals surface area contributed by atoms with Gasteiger partial charge in [-0.05, 0) is 110 Å². The zero-order chi connectivity index (χ0) is 37.5. The molecule has 2 aliphatic carbocycles. The molecule has 1 heterocycles. The van der Waals surface area contributed by atoms with Crippen molar-refractivity contribution in [3.8, 4) is 44.5 Å². The molecule has 0 saturated heterocycles. The summed E-state index contributed by atoms with van der Waals surface area (Å²) in [7, 11) is 0. The molecule has 1 nitrogen and oxygen atoms in total. The fourth-order valence-corrected chi connectivity index (χ4v) is 11.0. The molecule has 1 aromatic heterocycles. The lowest BCUT2D eigenvalue weighted by Crippen LogP contribution is -2.26. The van der Waals surface area contributed by atoms with Gasteiger partial charge in [0.05, 0.1) is 11.1 Å². The van der Waals surface area contributed by atoms with Crippen molar-refractivity contribution >= 4 is 48.6 Å². The van der Waals surface area contributed by atoms with Gasteiger partial charge in [0.2, 0.25) is 0 Å². The molecule has 0 saturated carbocycles. The number of rotatable bonds is 5. The lowest BCUT2D eigenvalue weighted by atomic mass is 9.70. The van der Waals surface area contributed by atoms with Crippen LogP contribution in [0.5, 0.6) is 0 Å². The summed E-state index contributed by atoms with van der Waals surface area (Å²) in [6, 6.07) is 78.7. The van der Waals surface area contributed by atoms with E-state index in [4.69, 9.17) is 0 Å². The summed E-state index contributed by atoms with van der Waals surface area (Å²) in [4.78, 5) is 2.48. The van der Waals surface area contributed by atoms with Gasteiger partial charge in [0, 0.05) is 37.1 Å². The average molecular weight is 742 g/mol. The van der Waals surface area contributed by atoms with Crippen molar-refractivity contribution in [2.45, 2.75) is 5.41 Å². The van der Waals surface area contributed by atoms with E-state index < -0.39 is 5.41 Å². The normalized spacial score (nSPS) is 13.1. The Kier molecular flexibility index (Phi) is 7.08. The molecule has 0 N–H and O–H groups in total. The van der Waals surface area contributed by atoms with Crippen LogP contribution in [0, 0.1) is 0 Å². The SMILES string of the molecule is c1ccc(-c2ccc(N(c3cccc(-c4ccc5sc6ccccc6c5c4)c3)c3cccc4c3-c3ccccc3C43c4ccccc4-c4ccccc43)cc2)cc1. The molecule has 0 fully saturated rings. The smallest absolute Gasteiger partial charge is 0.0726 e. The second-order valence-electron chi connectivity index (χ2n) is 15.2. The van der Waals surface area contributed by atoms with Crippen LogP contribution in [0.1, 0.15) is 22.3 Å². The van der Waals surface area contributed by atoms with Crippen molar-refractivity contribution in [3.05, 3.63) is 235 Å². The Hall–Kier alpha value is -7.00. The van der Waals surface area contributed by atoms with Gasteiger partial charge < -0.3 is 4.90 Å². The maximum Gasteiger partial charge on any atom is 0.0726 e. The number of anilines is 3. The molecule has 0 unspecified atom stereocenters. The fourth-order valence-electron chi connectivity index (χ4n) is 9.90. The van der Waals surface area contributed by atoms with E-state index in [9.17, 15) is 0 Å². The first-order valence-corrected chi connectivity index (χ1v) is 20.5. The second-order valence-corrected chi connectivity index (χ2v) is 16.3. The molecule has 0 amide bonds. The fraction of sp³-hybridized carbons (Fsp3) is 0.0182. The van der Waals surface area contributed by atoms with Crippen LogP contribution in [0.25, 0.3) is 64.7 Å². The van der Waals surface area contributed by atoms with E-state index >= 15 is 0 Å². The maximum atomic E-state index is 2.48. The van der Waals surface area contributed by atoms with Crippen molar-refractivity contribution in [2.75, 3.05) is 4.90 Å². The number of thiophene rings is 1. The summed E-state index contributed by atoms with van der Waals surface area (Å²) in [6.07, 6.45) is 0. The lowest BCUT2D eigenvalue weighted by Gasteiger charge is -2.32. The Bertz CT molecular complexity index is 3140. The summed E-state index contributed by atoms with van der Waals surface area (Å²) in [5.41, 5.74) is 18.4. The van der Waals surface area contributed by atoms with Gasteiger partial charge in [0.1, 0.15) is 0 Å². The minimum atomic E-state index is -0.418. The summed E-state index contributed by atoms with van der Waals surface area (Å²) in [5, 5.41) is 2.63. The molecule has 1 spiro atoms. The van der Waals surface area contributed by atoms with Crippen LogP contribution in [0.4, 0.5) is 17.1 Å². The van der Waals surface area contributed by atoms with Crippen molar-refractivity contribution < 1.29 is 0 Å². The van der Waals surface area contributed by atoms with E-state index in [2.05, 4.69) is 217 Å². The highest BCUT2D eigenvalue weighted by atomic mass is 32.1. The van der Waals surface area contributed by atoms with Gasteiger partial charge in [0.25, 0.3) is 0 Å². The van der Waals surface area contributed by atoms with Gasteiger partial charge in [-0.15, -0.1) is 11.3 Å². The average Bonchev–Trinajstić information content (AvgIpc) is 3.91. The third-order valence-corrected chi connectivity index (χ3v) is 13.4. The standard InChI is InChI=1S/C55H35NS/c1-2-14-36(15-3-1)37-28-31-40(32-29-37)56(41-17-12-16-38(34-41)39-30-33-53-46(35-39)44-20-7-11-27-52(44)57-53)51-26-13-25-50-54(51)45-21-6-10-24-49(45)55(50)47-22-8-4-18-42(47)43-19-5-9-23-48(43)55/h1-35H. The molecule has 2 heteroatoms. The third kappa shape index (κ3) is 4.68. The van der Waals surface area contributed by atoms with E-state index in [0.717, 1.165) is 11.4 Å². The first-order valence-electron chi connectivity index (χ1n) is 19.7. The summed E-state index contributed by atoms with van der Waals surface area (Å²) >= 11 is 1.86. The molecular formula is C55H35NS. The minimum absolute atomic E-state index is 0.418. The second kappa shape index (κ2) is 12.5. The van der Waals surface area contributed by atoms with Gasteiger partial charge in [-0.1, -0.05) is 164 Å². The molecule has 57 heavy (non-hydrogen) atoms. The monoisotopic (exact) mass is 741 g/mol. The molecule has 12 rings (SSSR count). The predicted octanol–water partition coefficient (Wildman–Crippen LogP) is 15.2. The number of benzene rings is 9. The van der Waals surface area contributed by atoms with Crippen LogP contribution in [-0.2, 0) is 5.41 Å². The van der Waals surface area contributed by atoms with Gasteiger partial charge >= 0.3 is 0 Å². The molecule has 9 aromatic carbocycles. The summed E-state index contributed by atoms with van der Waals surface area (Å²) in [6.45, 7) is 0. The first kappa shape index (κ1) is 32.3. The van der Waals surface area contributed by atoms with E-state index in [1.807, 2.05) is 11.3 Å². The van der Waals surface area contributed by atoms with Crippen LogP contribution in [0.15, 0.2) is 212 Å². The van der Waals surface area contributed by atoms with E-state index in [0.29, 0.717) is 0 Å². The van der Waals surface area contributed by atoms with Gasteiger partial charge in [-0.2, -0.15) is 0 Å². The molecular weight excluding hydrogens is 707 g/mol. The van der Waals surface area contributed by atoms with E-state index in [1.54, 1.807) is 0 Å². The number of hydrogen-bond donors (Lipinski definition) is 0. The highest BCUT2D eigenvalue weighted by Gasteiger charge is 2.52. The predicted molar refractivity (Wildman–Crippen MR) is 241 cm³/mol. The Morgan fingerprint density at radius 3 is 1.65 bits per heavy atom. The Morgan fingerprint density at radius 2 is 0.877 bits per heavy atom. The largest absolute Gasteiger partial charge is 0.310 e. The zero-order valence-electron chi connectivity index (χ0n) is 31.1. The lowest BCUT2D eigenvalue weighted by molar-refractivity contribution is 0.794.